The van der Waals surface area contributed by atoms with E-state index in [9.17, 15) is 0 Å². The van der Waals surface area contributed by atoms with Crippen molar-refractivity contribution in [3.8, 4) is 5.88 Å². The molecule has 2 aromatic heterocycles. The molecule has 0 amide bonds. The number of nitrogens with two attached hydrogens (primary N) is 1. The van der Waals surface area contributed by atoms with Gasteiger partial charge in [-0.2, -0.15) is 0 Å². The molecule has 0 saturated heterocycles. The number of pyridine rings is 1. The summed E-state index contributed by atoms with van der Waals surface area (Å²) < 4.78 is 5.66. The Morgan fingerprint density at radius 2 is 2.29 bits per heavy atom. The molecule has 2 rings (SSSR count). The van der Waals surface area contributed by atoms with Crippen molar-refractivity contribution < 1.29 is 4.74 Å². The van der Waals surface area contributed by atoms with Crippen LogP contribution in [0.4, 0.5) is 0 Å². The first-order valence-electron chi connectivity index (χ1n) is 5.09. The minimum Gasteiger partial charge on any atom is -0.471 e. The molecule has 5 heteroatoms. The fraction of sp³-hybridized carbons (Fsp3) is 0.167. The lowest BCUT2D eigenvalue weighted by atomic mass is 10.2. The van der Waals surface area contributed by atoms with Crippen LogP contribution in [-0.4, -0.2) is 9.97 Å². The van der Waals surface area contributed by atoms with Crippen molar-refractivity contribution in [1.82, 2.24) is 4.98 Å². The second-order valence-corrected chi connectivity index (χ2v) is 5.01. The number of aryl methyl sites for hydroxylation is 1. The molecule has 2 heterocycles. The molecule has 2 N–H and O–H groups in total. The standard InChI is InChI=1S/C12H12N2OS2/c1-8-4-5-10(11(13)16)12(14-8)15-7-9-3-2-6-17-9/h2-6H,7H2,1H3,(H2,13,16). The van der Waals surface area contributed by atoms with E-state index in [2.05, 4.69) is 4.98 Å². The number of thiophene rings is 1. The van der Waals surface area contributed by atoms with Gasteiger partial charge in [-0.05, 0) is 30.5 Å². The first-order chi connectivity index (χ1) is 8.16. The minimum atomic E-state index is 0.304. The van der Waals surface area contributed by atoms with Crippen LogP contribution in [0.2, 0.25) is 0 Å². The van der Waals surface area contributed by atoms with Crippen LogP contribution in [0, 0.1) is 6.92 Å². The van der Waals surface area contributed by atoms with Crippen molar-refractivity contribution in [2.24, 2.45) is 5.73 Å². The Bertz CT molecular complexity index is 523. The van der Waals surface area contributed by atoms with Crippen molar-refractivity contribution in [2.75, 3.05) is 0 Å². The van der Waals surface area contributed by atoms with Crippen LogP contribution in [0.15, 0.2) is 29.6 Å². The summed E-state index contributed by atoms with van der Waals surface area (Å²) in [4.78, 5) is 5.75. The molecule has 2 aromatic rings. The van der Waals surface area contributed by atoms with E-state index in [4.69, 9.17) is 22.7 Å². The maximum atomic E-state index is 5.66. The summed E-state index contributed by atoms with van der Waals surface area (Å²) in [5.41, 5.74) is 7.19. The number of hydrogen-bond donors (Lipinski definition) is 1. The molecule has 17 heavy (non-hydrogen) atoms. The number of aromatic nitrogens is 1. The van der Waals surface area contributed by atoms with Crippen molar-refractivity contribution in [3.63, 3.8) is 0 Å². The average Bonchev–Trinajstić information content (AvgIpc) is 2.78. The first-order valence-corrected chi connectivity index (χ1v) is 6.38. The molecule has 0 bridgehead atoms. The highest BCUT2D eigenvalue weighted by atomic mass is 32.1. The fourth-order valence-corrected chi connectivity index (χ4v) is 2.14. The van der Waals surface area contributed by atoms with Crippen molar-refractivity contribution in [1.29, 1.82) is 0 Å². The molecule has 0 aromatic carbocycles. The van der Waals surface area contributed by atoms with Gasteiger partial charge in [0.1, 0.15) is 11.6 Å². The van der Waals surface area contributed by atoms with E-state index in [-0.39, 0.29) is 0 Å². The van der Waals surface area contributed by atoms with Gasteiger partial charge in [-0.1, -0.05) is 18.3 Å². The maximum absolute atomic E-state index is 5.66. The SMILES string of the molecule is Cc1ccc(C(N)=S)c(OCc2cccs2)n1. The van der Waals surface area contributed by atoms with Crippen LogP contribution in [-0.2, 0) is 6.61 Å². The van der Waals surface area contributed by atoms with Crippen LogP contribution in [0.1, 0.15) is 16.1 Å². The van der Waals surface area contributed by atoms with Crippen LogP contribution in [0.5, 0.6) is 5.88 Å². The predicted octanol–water partition coefficient (Wildman–Crippen LogP) is 2.66. The van der Waals surface area contributed by atoms with Crippen LogP contribution < -0.4 is 10.5 Å². The first kappa shape index (κ1) is 12.0. The summed E-state index contributed by atoms with van der Waals surface area (Å²) in [5, 5.41) is 2.01. The molecule has 0 atom stereocenters. The number of hydrogen-bond acceptors (Lipinski definition) is 4. The van der Waals surface area contributed by atoms with Gasteiger partial charge in [0.15, 0.2) is 0 Å². The molecule has 0 saturated carbocycles. The van der Waals surface area contributed by atoms with Gasteiger partial charge in [0, 0.05) is 10.6 Å². The van der Waals surface area contributed by atoms with E-state index in [1.54, 1.807) is 11.3 Å². The van der Waals surface area contributed by atoms with E-state index in [1.807, 2.05) is 36.6 Å². The van der Waals surface area contributed by atoms with Gasteiger partial charge >= 0.3 is 0 Å². The van der Waals surface area contributed by atoms with Crippen molar-refractivity contribution in [2.45, 2.75) is 13.5 Å². The van der Waals surface area contributed by atoms with E-state index >= 15 is 0 Å². The van der Waals surface area contributed by atoms with E-state index in [0.29, 0.717) is 23.0 Å². The Morgan fingerprint density at radius 3 is 2.94 bits per heavy atom. The maximum Gasteiger partial charge on any atom is 0.224 e. The quantitative estimate of drug-likeness (QED) is 0.863. The summed E-state index contributed by atoms with van der Waals surface area (Å²) in [7, 11) is 0. The van der Waals surface area contributed by atoms with Gasteiger partial charge < -0.3 is 10.5 Å². The average molecular weight is 264 g/mol. The molecule has 88 valence electrons. The van der Waals surface area contributed by atoms with Crippen molar-refractivity contribution in [3.05, 3.63) is 45.8 Å². The largest absolute Gasteiger partial charge is 0.471 e. The Morgan fingerprint density at radius 1 is 1.47 bits per heavy atom. The smallest absolute Gasteiger partial charge is 0.224 e. The molecular weight excluding hydrogens is 252 g/mol. The van der Waals surface area contributed by atoms with Gasteiger partial charge in [-0.3, -0.25) is 0 Å². The summed E-state index contributed by atoms with van der Waals surface area (Å²) in [6.07, 6.45) is 0. The van der Waals surface area contributed by atoms with Crippen LogP contribution >= 0.6 is 23.6 Å². The zero-order valence-corrected chi connectivity index (χ0v) is 11.0. The number of nitrogens with zero attached hydrogens (tertiary/aromatic N) is 1. The summed E-state index contributed by atoms with van der Waals surface area (Å²) in [6, 6.07) is 7.71. The number of ether oxygens (including phenoxy) is 1. The van der Waals surface area contributed by atoms with Gasteiger partial charge in [0.05, 0.1) is 5.56 Å². The second kappa shape index (κ2) is 5.25. The van der Waals surface area contributed by atoms with Gasteiger partial charge in [-0.25, -0.2) is 4.98 Å². The lowest BCUT2D eigenvalue weighted by molar-refractivity contribution is 0.296. The number of thiocarbonyl (C=S) groups is 1. The zero-order chi connectivity index (χ0) is 12.3. The fourth-order valence-electron chi connectivity index (χ4n) is 1.36. The molecular formula is C12H12N2OS2. The molecule has 0 radical (unpaired) electrons. The highest BCUT2D eigenvalue weighted by Gasteiger charge is 2.09. The highest BCUT2D eigenvalue weighted by molar-refractivity contribution is 7.80. The summed E-state index contributed by atoms with van der Waals surface area (Å²) in [6.45, 7) is 2.39. The van der Waals surface area contributed by atoms with Gasteiger partial charge in [0.25, 0.3) is 0 Å². The molecule has 0 spiro atoms. The monoisotopic (exact) mass is 264 g/mol. The third-order valence-corrected chi connectivity index (χ3v) is 3.27. The topological polar surface area (TPSA) is 48.1 Å². The van der Waals surface area contributed by atoms with E-state index < -0.39 is 0 Å². The third kappa shape index (κ3) is 3.01. The van der Waals surface area contributed by atoms with E-state index in [0.717, 1.165) is 10.6 Å². The summed E-state index contributed by atoms with van der Waals surface area (Å²) in [5.74, 6) is 0.505. The molecule has 0 aliphatic heterocycles. The van der Waals surface area contributed by atoms with Crippen molar-refractivity contribution >= 4 is 28.5 Å². The molecule has 0 unspecified atom stereocenters. The lowest BCUT2D eigenvalue weighted by Gasteiger charge is -2.09. The predicted molar refractivity (Wildman–Crippen MR) is 73.5 cm³/mol. The Balaban J connectivity index is 2.19. The highest BCUT2D eigenvalue weighted by Crippen LogP contribution is 2.19. The van der Waals surface area contributed by atoms with E-state index in [1.165, 1.54) is 0 Å². The van der Waals surface area contributed by atoms with Gasteiger partial charge in [-0.15, -0.1) is 11.3 Å². The molecule has 0 aliphatic rings. The molecule has 3 nitrogen and oxygen atoms in total. The third-order valence-electron chi connectivity index (χ3n) is 2.20. The Hall–Kier alpha value is -1.46. The normalized spacial score (nSPS) is 10.2. The minimum absolute atomic E-state index is 0.304. The zero-order valence-electron chi connectivity index (χ0n) is 9.34. The lowest BCUT2D eigenvalue weighted by Crippen LogP contribution is -2.13. The molecule has 0 aliphatic carbocycles. The van der Waals surface area contributed by atoms with Crippen LogP contribution in [0.25, 0.3) is 0 Å². The second-order valence-electron chi connectivity index (χ2n) is 3.54. The van der Waals surface area contributed by atoms with Crippen LogP contribution in [0.3, 0.4) is 0 Å². The molecule has 0 fully saturated rings. The Kier molecular flexibility index (Phi) is 3.71. The number of rotatable bonds is 4. The Labute approximate surface area is 109 Å². The summed E-state index contributed by atoms with van der Waals surface area (Å²) >= 11 is 6.61. The van der Waals surface area contributed by atoms with Gasteiger partial charge in [0.2, 0.25) is 5.88 Å².